The lowest BCUT2D eigenvalue weighted by molar-refractivity contribution is 0.890. The van der Waals surface area contributed by atoms with Crippen molar-refractivity contribution < 1.29 is 0 Å². The van der Waals surface area contributed by atoms with Gasteiger partial charge in [-0.3, -0.25) is 4.79 Å². The maximum absolute atomic E-state index is 11.5. The highest BCUT2D eigenvalue weighted by Crippen LogP contribution is 2.06. The Morgan fingerprint density at radius 3 is 2.85 bits per heavy atom. The van der Waals surface area contributed by atoms with E-state index in [-0.39, 0.29) is 5.56 Å². The summed E-state index contributed by atoms with van der Waals surface area (Å²) in [4.78, 5) is 16.7. The summed E-state index contributed by atoms with van der Waals surface area (Å²) in [5.41, 5.74) is 2.61. The van der Waals surface area contributed by atoms with Gasteiger partial charge in [0.25, 0.3) is 5.56 Å². The van der Waals surface area contributed by atoms with Crippen LogP contribution in [0.3, 0.4) is 0 Å². The van der Waals surface area contributed by atoms with Crippen molar-refractivity contribution in [2.75, 3.05) is 0 Å². The largest absolute Gasteiger partial charge is 0.326 e. The molecule has 0 amide bonds. The summed E-state index contributed by atoms with van der Waals surface area (Å²) >= 11 is 5.37. The average molecular weight is 201 g/mol. The highest BCUT2D eigenvalue weighted by molar-refractivity contribution is 6.13. The number of nitrogens with one attached hydrogen (secondary N) is 2. The van der Waals surface area contributed by atoms with Gasteiger partial charge in [-0.15, -0.1) is 0 Å². The number of aryl methyl sites for hydroxylation is 2. The fourth-order valence-electron chi connectivity index (χ4n) is 1.36. The second kappa shape index (κ2) is 4.44. The molecule has 0 unspecified atom stereocenters. The number of hydrogen-bond donors (Lipinski definition) is 2. The Hall–Kier alpha value is -0.800. The molecule has 2 N–H and O–H groups in total. The van der Waals surface area contributed by atoms with Gasteiger partial charge in [0.2, 0.25) is 0 Å². The molecular weight excluding hydrogens is 188 g/mol. The zero-order chi connectivity index (χ0) is 9.84. The zero-order valence-corrected chi connectivity index (χ0v) is 8.53. The molecule has 0 radical (unpaired) electrons. The molecule has 0 aromatic carbocycles. The van der Waals surface area contributed by atoms with E-state index < -0.39 is 0 Å². The van der Waals surface area contributed by atoms with Crippen LogP contribution in [-0.4, -0.2) is 4.98 Å². The topological polar surface area (TPSA) is 44.9 Å². The molecule has 0 aliphatic heterocycles. The van der Waals surface area contributed by atoms with Crippen LogP contribution in [0.1, 0.15) is 23.7 Å². The molecule has 1 heterocycles. The van der Waals surface area contributed by atoms with Gasteiger partial charge in [0.15, 0.2) is 0 Å². The van der Waals surface area contributed by atoms with E-state index in [2.05, 4.69) is 9.82 Å². The lowest BCUT2D eigenvalue weighted by Crippen LogP contribution is -2.19. The summed E-state index contributed by atoms with van der Waals surface area (Å²) in [6.07, 6.45) is 0.846. The Kier molecular flexibility index (Phi) is 3.51. The molecule has 3 nitrogen and oxygen atoms in total. The predicted molar refractivity (Wildman–Crippen MR) is 53.9 cm³/mol. The van der Waals surface area contributed by atoms with Gasteiger partial charge < -0.3 is 4.98 Å². The van der Waals surface area contributed by atoms with Gasteiger partial charge in [-0.2, -0.15) is 0 Å². The highest BCUT2D eigenvalue weighted by atomic mass is 35.5. The van der Waals surface area contributed by atoms with Gasteiger partial charge in [0.05, 0.1) is 0 Å². The molecule has 72 valence electrons. The lowest BCUT2D eigenvalue weighted by Gasteiger charge is -2.06. The molecule has 1 rings (SSSR count). The molecular formula is C9H13ClN2O. The number of halogens is 1. The van der Waals surface area contributed by atoms with Crippen molar-refractivity contribution in [3.63, 3.8) is 0 Å². The number of hydrogen-bond acceptors (Lipinski definition) is 2. The maximum Gasteiger partial charge on any atom is 0.252 e. The van der Waals surface area contributed by atoms with Gasteiger partial charge in [0.1, 0.15) is 0 Å². The van der Waals surface area contributed by atoms with Gasteiger partial charge in [-0.25, -0.2) is 4.84 Å². The second-order valence-corrected chi connectivity index (χ2v) is 3.22. The van der Waals surface area contributed by atoms with Gasteiger partial charge in [-0.1, -0.05) is 6.92 Å². The summed E-state index contributed by atoms with van der Waals surface area (Å²) in [7, 11) is 0. The molecule has 0 aliphatic carbocycles. The van der Waals surface area contributed by atoms with E-state index >= 15 is 0 Å². The number of aromatic nitrogens is 1. The molecule has 0 fully saturated rings. The third-order valence-electron chi connectivity index (χ3n) is 1.99. The molecule has 0 spiro atoms. The Labute approximate surface area is 82.2 Å². The Morgan fingerprint density at radius 1 is 1.62 bits per heavy atom. The smallest absolute Gasteiger partial charge is 0.252 e. The van der Waals surface area contributed by atoms with Crippen LogP contribution in [0.4, 0.5) is 0 Å². The second-order valence-electron chi connectivity index (χ2n) is 2.95. The summed E-state index contributed by atoms with van der Waals surface area (Å²) in [6, 6.07) is 1.98. The third-order valence-corrected chi connectivity index (χ3v) is 2.12. The van der Waals surface area contributed by atoms with Crippen LogP contribution >= 0.6 is 11.8 Å². The number of aromatic amines is 1. The maximum atomic E-state index is 11.5. The van der Waals surface area contributed by atoms with Crippen LogP contribution in [0.2, 0.25) is 0 Å². The molecule has 13 heavy (non-hydrogen) atoms. The summed E-state index contributed by atoms with van der Waals surface area (Å²) in [5, 5.41) is 0. The fourth-order valence-corrected chi connectivity index (χ4v) is 1.49. The first kappa shape index (κ1) is 10.3. The SMILES string of the molecule is CCc1cc(C)[nH]c(=O)c1CNCl. The van der Waals surface area contributed by atoms with Gasteiger partial charge in [-0.05, 0) is 36.8 Å². The Bertz CT molecular complexity index is 346. The molecule has 0 bridgehead atoms. The van der Waals surface area contributed by atoms with Crippen LogP contribution in [-0.2, 0) is 13.0 Å². The van der Waals surface area contributed by atoms with Crippen LogP contribution in [0, 0.1) is 6.92 Å². The van der Waals surface area contributed by atoms with Crippen LogP contribution < -0.4 is 10.4 Å². The lowest BCUT2D eigenvalue weighted by atomic mass is 10.1. The molecule has 1 aromatic heterocycles. The Balaban J connectivity index is 3.22. The number of pyridine rings is 1. The normalized spacial score (nSPS) is 10.4. The van der Waals surface area contributed by atoms with E-state index in [1.807, 2.05) is 19.9 Å². The zero-order valence-electron chi connectivity index (χ0n) is 7.78. The van der Waals surface area contributed by atoms with Crippen molar-refractivity contribution in [2.45, 2.75) is 26.8 Å². The van der Waals surface area contributed by atoms with E-state index in [1.54, 1.807) is 0 Å². The van der Waals surface area contributed by atoms with Gasteiger partial charge in [0, 0.05) is 17.8 Å². The van der Waals surface area contributed by atoms with Crippen molar-refractivity contribution in [3.8, 4) is 0 Å². The summed E-state index contributed by atoms with van der Waals surface area (Å²) in [6.45, 7) is 4.30. The van der Waals surface area contributed by atoms with Crippen molar-refractivity contribution in [3.05, 3.63) is 33.2 Å². The van der Waals surface area contributed by atoms with E-state index in [1.165, 1.54) is 0 Å². The van der Waals surface area contributed by atoms with E-state index in [0.717, 1.165) is 23.2 Å². The van der Waals surface area contributed by atoms with Crippen LogP contribution in [0.15, 0.2) is 10.9 Å². The highest BCUT2D eigenvalue weighted by Gasteiger charge is 2.05. The molecule has 0 saturated carbocycles. The Morgan fingerprint density at radius 2 is 2.31 bits per heavy atom. The van der Waals surface area contributed by atoms with Crippen molar-refractivity contribution in [1.82, 2.24) is 9.82 Å². The molecule has 0 atom stereocenters. The van der Waals surface area contributed by atoms with Crippen LogP contribution in [0.5, 0.6) is 0 Å². The first-order valence-electron chi connectivity index (χ1n) is 4.24. The first-order chi connectivity index (χ1) is 6.19. The summed E-state index contributed by atoms with van der Waals surface area (Å²) < 4.78 is 0. The van der Waals surface area contributed by atoms with Gasteiger partial charge >= 0.3 is 0 Å². The standard InChI is InChI=1S/C9H13ClN2O/c1-3-7-4-6(2)12-9(13)8(7)5-11-10/h4,11H,3,5H2,1-2H3,(H,12,13). The third kappa shape index (κ3) is 2.32. The van der Waals surface area contributed by atoms with E-state index in [4.69, 9.17) is 11.8 Å². The number of rotatable bonds is 3. The minimum Gasteiger partial charge on any atom is -0.326 e. The molecule has 0 aliphatic rings. The molecule has 4 heteroatoms. The summed E-state index contributed by atoms with van der Waals surface area (Å²) in [5.74, 6) is 0. The van der Waals surface area contributed by atoms with Crippen LogP contribution in [0.25, 0.3) is 0 Å². The minimum atomic E-state index is -0.0509. The average Bonchev–Trinajstić information content (AvgIpc) is 2.09. The number of H-pyrrole nitrogens is 1. The van der Waals surface area contributed by atoms with Crippen molar-refractivity contribution >= 4 is 11.8 Å². The monoisotopic (exact) mass is 200 g/mol. The van der Waals surface area contributed by atoms with Crippen molar-refractivity contribution in [1.29, 1.82) is 0 Å². The van der Waals surface area contributed by atoms with E-state index in [0.29, 0.717) is 6.54 Å². The fraction of sp³-hybridized carbons (Fsp3) is 0.444. The predicted octanol–water partition coefficient (Wildman–Crippen LogP) is 1.49. The molecule has 0 saturated heterocycles. The van der Waals surface area contributed by atoms with E-state index in [9.17, 15) is 4.79 Å². The minimum absolute atomic E-state index is 0.0509. The van der Waals surface area contributed by atoms with Crippen molar-refractivity contribution in [2.24, 2.45) is 0 Å². The quantitative estimate of drug-likeness (QED) is 0.727. The molecule has 1 aromatic rings. The first-order valence-corrected chi connectivity index (χ1v) is 4.62.